The molecule has 0 bridgehead atoms. The van der Waals surface area contributed by atoms with Gasteiger partial charge in [-0.1, -0.05) is 0 Å². The summed E-state index contributed by atoms with van der Waals surface area (Å²) in [6.07, 6.45) is 3.53. The van der Waals surface area contributed by atoms with Crippen molar-refractivity contribution in [1.82, 2.24) is 10.3 Å². The number of nitrogens with one attached hydrogen (secondary N) is 1. The van der Waals surface area contributed by atoms with Crippen LogP contribution in [0.1, 0.15) is 28.8 Å². The van der Waals surface area contributed by atoms with Crippen molar-refractivity contribution in [3.05, 3.63) is 57.8 Å². The third-order valence-corrected chi connectivity index (χ3v) is 5.17. The second-order valence-electron chi connectivity index (χ2n) is 7.20. The van der Waals surface area contributed by atoms with E-state index in [0.29, 0.717) is 43.0 Å². The summed E-state index contributed by atoms with van der Waals surface area (Å²) in [7, 11) is 0. The molecule has 0 unspecified atom stereocenters. The van der Waals surface area contributed by atoms with Gasteiger partial charge < -0.3 is 15.1 Å². The lowest BCUT2D eigenvalue weighted by Crippen LogP contribution is -2.47. The summed E-state index contributed by atoms with van der Waals surface area (Å²) in [5.41, 5.74) is 1.31. The minimum Gasteiger partial charge on any atom is -0.362 e. The number of nitriles is 1. The minimum atomic E-state index is -0.437. The topological polar surface area (TPSA) is 115 Å². The average Bonchev–Trinajstić information content (AvgIpc) is 3.57. The minimum absolute atomic E-state index is 0.0634. The Morgan fingerprint density at radius 3 is 2.55 bits per heavy atom. The van der Waals surface area contributed by atoms with Gasteiger partial charge in [0.1, 0.15) is 11.5 Å². The number of carbonyl (C=O) groups excluding carboxylic acids is 1. The van der Waals surface area contributed by atoms with Crippen molar-refractivity contribution in [2.45, 2.75) is 18.9 Å². The number of anilines is 2. The van der Waals surface area contributed by atoms with Crippen LogP contribution in [-0.2, 0) is 0 Å². The zero-order valence-corrected chi connectivity index (χ0v) is 15.7. The van der Waals surface area contributed by atoms with Gasteiger partial charge in [0.05, 0.1) is 16.6 Å². The molecule has 2 fully saturated rings. The van der Waals surface area contributed by atoms with Crippen LogP contribution < -0.4 is 15.1 Å². The highest BCUT2D eigenvalue weighted by molar-refractivity contribution is 5.96. The SMILES string of the molecule is N#Cc1ccnc(N2CCN(c3ccc(C(=O)NC4CC4)cc3[N+](=O)[O-])CC2)c1. The molecular weight excluding hydrogens is 372 g/mol. The Bertz CT molecular complexity index is 990. The molecule has 1 amide bonds. The molecule has 148 valence electrons. The zero-order valence-electron chi connectivity index (χ0n) is 15.7. The van der Waals surface area contributed by atoms with E-state index >= 15 is 0 Å². The van der Waals surface area contributed by atoms with Crippen molar-refractivity contribution < 1.29 is 9.72 Å². The molecule has 1 aliphatic carbocycles. The van der Waals surface area contributed by atoms with Gasteiger partial charge >= 0.3 is 0 Å². The maximum atomic E-state index is 12.2. The van der Waals surface area contributed by atoms with Crippen LogP contribution in [0.4, 0.5) is 17.2 Å². The number of aromatic nitrogens is 1. The monoisotopic (exact) mass is 392 g/mol. The van der Waals surface area contributed by atoms with Gasteiger partial charge in [0.2, 0.25) is 0 Å². The van der Waals surface area contributed by atoms with E-state index in [1.54, 1.807) is 30.5 Å². The molecule has 9 nitrogen and oxygen atoms in total. The highest BCUT2D eigenvalue weighted by Gasteiger charge is 2.28. The number of rotatable bonds is 5. The van der Waals surface area contributed by atoms with E-state index in [4.69, 9.17) is 5.26 Å². The molecule has 4 rings (SSSR count). The molecule has 1 saturated carbocycles. The van der Waals surface area contributed by atoms with Crippen LogP contribution in [0.2, 0.25) is 0 Å². The van der Waals surface area contributed by atoms with E-state index < -0.39 is 4.92 Å². The maximum Gasteiger partial charge on any atom is 0.293 e. The lowest BCUT2D eigenvalue weighted by atomic mass is 10.1. The first-order valence-corrected chi connectivity index (χ1v) is 9.50. The Morgan fingerprint density at radius 1 is 1.17 bits per heavy atom. The van der Waals surface area contributed by atoms with E-state index in [2.05, 4.69) is 21.3 Å². The molecule has 0 spiro atoms. The number of pyridine rings is 1. The number of piperazine rings is 1. The lowest BCUT2D eigenvalue weighted by Gasteiger charge is -2.36. The summed E-state index contributed by atoms with van der Waals surface area (Å²) in [4.78, 5) is 31.7. The first kappa shape index (κ1) is 18.7. The highest BCUT2D eigenvalue weighted by Crippen LogP contribution is 2.31. The second kappa shape index (κ2) is 7.75. The van der Waals surface area contributed by atoms with Gasteiger partial charge in [0.25, 0.3) is 11.6 Å². The molecule has 29 heavy (non-hydrogen) atoms. The predicted molar refractivity (Wildman–Crippen MR) is 107 cm³/mol. The number of nitrogens with zero attached hydrogens (tertiary/aromatic N) is 5. The van der Waals surface area contributed by atoms with E-state index in [0.717, 1.165) is 18.7 Å². The van der Waals surface area contributed by atoms with Crippen LogP contribution in [0.3, 0.4) is 0 Å². The van der Waals surface area contributed by atoms with Gasteiger partial charge in [-0.2, -0.15) is 5.26 Å². The van der Waals surface area contributed by atoms with Gasteiger partial charge in [0.15, 0.2) is 0 Å². The van der Waals surface area contributed by atoms with Gasteiger partial charge in [-0.25, -0.2) is 4.98 Å². The van der Waals surface area contributed by atoms with Crippen molar-refractivity contribution >= 4 is 23.1 Å². The summed E-state index contributed by atoms with van der Waals surface area (Å²) >= 11 is 0. The largest absolute Gasteiger partial charge is 0.362 e. The van der Waals surface area contributed by atoms with Crippen molar-refractivity contribution in [2.75, 3.05) is 36.0 Å². The zero-order chi connectivity index (χ0) is 20.4. The molecule has 2 heterocycles. The summed E-state index contributed by atoms with van der Waals surface area (Å²) < 4.78 is 0. The Kier molecular flexibility index (Phi) is 4.99. The summed E-state index contributed by atoms with van der Waals surface area (Å²) in [6.45, 7) is 2.41. The Balaban J connectivity index is 1.49. The van der Waals surface area contributed by atoms with Crippen LogP contribution in [-0.4, -0.2) is 48.0 Å². The first-order chi connectivity index (χ1) is 14.0. The standard InChI is InChI=1S/C20H20N6O3/c21-13-14-5-6-22-19(11-14)25-9-7-24(8-10-25)17-4-1-15(12-18(17)26(28)29)20(27)23-16-2-3-16/h1,4-6,11-12,16H,2-3,7-10H2,(H,23,27). The van der Waals surface area contributed by atoms with Gasteiger partial charge in [-0.15, -0.1) is 0 Å². The lowest BCUT2D eigenvalue weighted by molar-refractivity contribution is -0.384. The number of benzene rings is 1. The smallest absolute Gasteiger partial charge is 0.293 e. The maximum absolute atomic E-state index is 12.2. The quantitative estimate of drug-likeness (QED) is 0.612. The number of nitro groups is 1. The van der Waals surface area contributed by atoms with Crippen molar-refractivity contribution in [3.8, 4) is 6.07 Å². The molecule has 0 radical (unpaired) electrons. The van der Waals surface area contributed by atoms with Crippen molar-refractivity contribution in [1.29, 1.82) is 5.26 Å². The summed E-state index contributed by atoms with van der Waals surface area (Å²) in [6, 6.07) is 10.4. The van der Waals surface area contributed by atoms with Crippen LogP contribution in [0, 0.1) is 21.4 Å². The highest BCUT2D eigenvalue weighted by atomic mass is 16.6. The molecule has 9 heteroatoms. The molecule has 1 aromatic heterocycles. The van der Waals surface area contributed by atoms with E-state index in [1.165, 1.54) is 6.07 Å². The molecule has 2 aliphatic rings. The van der Waals surface area contributed by atoms with Gasteiger partial charge in [0, 0.05) is 50.0 Å². The van der Waals surface area contributed by atoms with Crippen LogP contribution in [0.25, 0.3) is 0 Å². The Labute approximate surface area is 167 Å². The van der Waals surface area contributed by atoms with E-state index in [1.807, 2.05) is 4.90 Å². The average molecular weight is 392 g/mol. The molecule has 1 N–H and O–H groups in total. The van der Waals surface area contributed by atoms with Crippen LogP contribution in [0.15, 0.2) is 36.5 Å². The normalized spacial score (nSPS) is 16.2. The van der Waals surface area contributed by atoms with Crippen LogP contribution >= 0.6 is 0 Å². The molecule has 1 aromatic carbocycles. The summed E-state index contributed by atoms with van der Waals surface area (Å²) in [5.74, 6) is 0.459. The third-order valence-electron chi connectivity index (χ3n) is 5.17. The fraction of sp³-hybridized carbons (Fsp3) is 0.350. The van der Waals surface area contributed by atoms with E-state index in [9.17, 15) is 14.9 Å². The Morgan fingerprint density at radius 2 is 1.90 bits per heavy atom. The van der Waals surface area contributed by atoms with Crippen molar-refractivity contribution in [3.63, 3.8) is 0 Å². The first-order valence-electron chi connectivity index (χ1n) is 9.50. The predicted octanol–water partition coefficient (Wildman–Crippen LogP) is 2.08. The molecule has 0 atom stereocenters. The second-order valence-corrected chi connectivity index (χ2v) is 7.20. The number of hydrogen-bond acceptors (Lipinski definition) is 7. The molecule has 1 aliphatic heterocycles. The third kappa shape index (κ3) is 4.11. The summed E-state index contributed by atoms with van der Waals surface area (Å²) in [5, 5.41) is 23.5. The number of hydrogen-bond donors (Lipinski definition) is 1. The van der Waals surface area contributed by atoms with Gasteiger partial charge in [-0.3, -0.25) is 14.9 Å². The number of nitro benzene ring substituents is 1. The number of amides is 1. The van der Waals surface area contributed by atoms with Gasteiger partial charge in [-0.05, 0) is 37.1 Å². The van der Waals surface area contributed by atoms with Crippen LogP contribution in [0.5, 0.6) is 0 Å². The fourth-order valence-corrected chi connectivity index (χ4v) is 3.41. The van der Waals surface area contributed by atoms with Crippen molar-refractivity contribution in [2.24, 2.45) is 0 Å². The molecule has 2 aromatic rings. The molecular formula is C20H20N6O3. The Hall–Kier alpha value is -3.67. The van der Waals surface area contributed by atoms with E-state index in [-0.39, 0.29) is 17.6 Å². The number of carbonyl (C=O) groups is 1. The fourth-order valence-electron chi connectivity index (χ4n) is 3.41. The molecule has 1 saturated heterocycles.